The maximum atomic E-state index is 13.8. The third-order valence-electron chi connectivity index (χ3n) is 6.20. The second kappa shape index (κ2) is 12.3. The predicted octanol–water partition coefficient (Wildman–Crippen LogP) is 1.83. The number of aromatic nitrogens is 1. The minimum atomic E-state index is -1.41. The van der Waals surface area contributed by atoms with Crippen LogP contribution in [0.3, 0.4) is 0 Å². The number of para-hydroxylation sites is 1. The Labute approximate surface area is 215 Å². The molecule has 1 aromatic heterocycles. The molecule has 0 aliphatic carbocycles. The maximum Gasteiger partial charge on any atom is 0.250 e. The van der Waals surface area contributed by atoms with Gasteiger partial charge in [0.25, 0.3) is 5.91 Å². The highest BCUT2D eigenvalue weighted by molar-refractivity contribution is 5.82. The number of rotatable bonds is 12. The number of carbonyl (C=O) groups excluding carboxylic acids is 2. The smallest absolute Gasteiger partial charge is 0.250 e. The Kier molecular flexibility index (Phi) is 9.36. The average molecular weight is 516 g/mol. The minimum absolute atomic E-state index is 0.0212. The van der Waals surface area contributed by atoms with Gasteiger partial charge in [-0.1, -0.05) is 32.0 Å². The number of hydrogen-bond donors (Lipinski definition) is 5. The van der Waals surface area contributed by atoms with Crippen LogP contribution in [0.25, 0.3) is 10.9 Å². The number of aliphatic hydroxyl groups is 1. The summed E-state index contributed by atoms with van der Waals surface area (Å²) in [5, 5.41) is 16.9. The van der Waals surface area contributed by atoms with Crippen LogP contribution in [0, 0.1) is 17.0 Å². The van der Waals surface area contributed by atoms with E-state index in [0.29, 0.717) is 0 Å². The summed E-state index contributed by atoms with van der Waals surface area (Å²) in [7, 11) is 0. The fraction of sp³-hybridized carbons (Fsp3) is 0.407. The van der Waals surface area contributed by atoms with Crippen molar-refractivity contribution >= 4 is 22.7 Å². The summed E-state index contributed by atoms with van der Waals surface area (Å²) in [4.78, 5) is 24.8. The summed E-state index contributed by atoms with van der Waals surface area (Å²) in [6.07, 6.45) is 0.405. The van der Waals surface area contributed by atoms with Crippen LogP contribution in [-0.4, -0.2) is 52.8 Å². The third-order valence-corrected chi connectivity index (χ3v) is 6.20. The largest absolute Gasteiger partial charge is 0.382 e. The predicted molar refractivity (Wildman–Crippen MR) is 138 cm³/mol. The molecule has 0 saturated carbocycles. The van der Waals surface area contributed by atoms with E-state index in [1.54, 1.807) is 0 Å². The Morgan fingerprint density at radius 3 is 2.51 bits per heavy atom. The number of fused-ring (bicyclic) bond motifs is 1. The molecule has 0 fully saturated rings. The Bertz CT molecular complexity index is 1230. The molecule has 200 valence electrons. The van der Waals surface area contributed by atoms with Gasteiger partial charge in [-0.05, 0) is 53.1 Å². The lowest BCUT2D eigenvalue weighted by molar-refractivity contribution is -0.130. The maximum absolute atomic E-state index is 13.8. The van der Waals surface area contributed by atoms with Crippen LogP contribution in [0.5, 0.6) is 0 Å². The van der Waals surface area contributed by atoms with Crippen LogP contribution in [0.1, 0.15) is 25.8 Å². The van der Waals surface area contributed by atoms with Gasteiger partial charge in [0.05, 0.1) is 6.04 Å². The first-order valence-electron chi connectivity index (χ1n) is 12.2. The van der Waals surface area contributed by atoms with Crippen molar-refractivity contribution < 1.29 is 23.5 Å². The fourth-order valence-electron chi connectivity index (χ4n) is 4.02. The van der Waals surface area contributed by atoms with Crippen LogP contribution in [0.4, 0.5) is 8.78 Å². The molecule has 2 amide bonds. The number of nitrogens with two attached hydrogens (primary N) is 2. The second-order valence-corrected chi connectivity index (χ2v) is 10.2. The number of aliphatic hydroxyl groups excluding tert-OH is 1. The van der Waals surface area contributed by atoms with Crippen molar-refractivity contribution in [3.05, 3.63) is 71.9 Å². The Morgan fingerprint density at radius 1 is 1.05 bits per heavy atom. The number of amides is 2. The Morgan fingerprint density at radius 2 is 1.76 bits per heavy atom. The SMILES string of the molecule is CC(C)(CNC(=O)CC(N)Cc1cc(F)ccc1F)CNC(=O)C(O)C(N)Cn1ccc2ccccc21. The van der Waals surface area contributed by atoms with Crippen molar-refractivity contribution in [2.45, 2.75) is 51.4 Å². The zero-order valence-electron chi connectivity index (χ0n) is 21.1. The summed E-state index contributed by atoms with van der Waals surface area (Å²) in [6, 6.07) is 11.3. The summed E-state index contributed by atoms with van der Waals surface area (Å²) in [6.45, 7) is 4.36. The molecule has 7 N–H and O–H groups in total. The molecule has 0 aliphatic heterocycles. The molecule has 0 spiro atoms. The number of benzene rings is 2. The molecule has 1 heterocycles. The van der Waals surface area contributed by atoms with E-state index in [2.05, 4.69) is 10.6 Å². The van der Waals surface area contributed by atoms with E-state index < -0.39 is 41.1 Å². The molecule has 3 rings (SSSR count). The number of nitrogens with one attached hydrogen (secondary N) is 2. The molecule has 3 unspecified atom stereocenters. The second-order valence-electron chi connectivity index (χ2n) is 10.2. The Hall–Kier alpha value is -3.34. The molecule has 0 aliphatic rings. The summed E-state index contributed by atoms with van der Waals surface area (Å²) < 4.78 is 29.0. The molecule has 3 aromatic rings. The van der Waals surface area contributed by atoms with E-state index in [-0.39, 0.29) is 43.9 Å². The van der Waals surface area contributed by atoms with Gasteiger partial charge in [0.2, 0.25) is 5.91 Å². The zero-order chi connectivity index (χ0) is 27.2. The highest BCUT2D eigenvalue weighted by Gasteiger charge is 2.27. The molecular formula is C27H35F2N5O3. The topological polar surface area (TPSA) is 135 Å². The van der Waals surface area contributed by atoms with Crippen molar-refractivity contribution in [3.63, 3.8) is 0 Å². The van der Waals surface area contributed by atoms with Crippen molar-refractivity contribution in [3.8, 4) is 0 Å². The quantitative estimate of drug-likeness (QED) is 0.251. The van der Waals surface area contributed by atoms with Crippen LogP contribution in [0.2, 0.25) is 0 Å². The van der Waals surface area contributed by atoms with E-state index in [9.17, 15) is 23.5 Å². The van der Waals surface area contributed by atoms with Crippen LogP contribution in [0.15, 0.2) is 54.7 Å². The third kappa shape index (κ3) is 8.08. The van der Waals surface area contributed by atoms with E-state index in [4.69, 9.17) is 11.5 Å². The van der Waals surface area contributed by atoms with Crippen molar-refractivity contribution in [1.29, 1.82) is 0 Å². The highest BCUT2D eigenvalue weighted by atomic mass is 19.1. The molecule has 10 heteroatoms. The van der Waals surface area contributed by atoms with E-state index >= 15 is 0 Å². The van der Waals surface area contributed by atoms with Crippen LogP contribution < -0.4 is 22.1 Å². The zero-order valence-corrected chi connectivity index (χ0v) is 21.1. The number of hydrogen-bond acceptors (Lipinski definition) is 5. The first-order valence-corrected chi connectivity index (χ1v) is 12.2. The van der Waals surface area contributed by atoms with Gasteiger partial charge in [-0.2, -0.15) is 0 Å². The lowest BCUT2D eigenvalue weighted by atomic mass is 9.93. The standard InChI is InChI=1S/C27H35F2N5O3/c1-27(2,15-32-24(35)13-20(30)12-18-11-19(28)7-8-21(18)29)16-33-26(37)25(36)22(31)14-34-10-9-17-5-3-4-6-23(17)34/h3-11,20,22,25,36H,12-16,30-31H2,1-2H3,(H,32,35)(H,33,37). The molecule has 3 atom stereocenters. The Balaban J connectivity index is 1.42. The van der Waals surface area contributed by atoms with Gasteiger partial charge in [0.1, 0.15) is 17.7 Å². The van der Waals surface area contributed by atoms with Gasteiger partial charge in [-0.25, -0.2) is 8.78 Å². The van der Waals surface area contributed by atoms with E-state index in [1.807, 2.05) is 54.9 Å². The van der Waals surface area contributed by atoms with Gasteiger partial charge in [0.15, 0.2) is 0 Å². The molecule has 0 saturated heterocycles. The van der Waals surface area contributed by atoms with Gasteiger partial charge in [0, 0.05) is 43.8 Å². The fourth-order valence-corrected chi connectivity index (χ4v) is 4.02. The van der Waals surface area contributed by atoms with Crippen LogP contribution in [-0.2, 0) is 22.6 Å². The molecule has 2 aromatic carbocycles. The first kappa shape index (κ1) is 28.2. The summed E-state index contributed by atoms with van der Waals surface area (Å²) in [5.41, 5.74) is 12.6. The summed E-state index contributed by atoms with van der Waals surface area (Å²) in [5.74, 6) is -2.08. The van der Waals surface area contributed by atoms with Crippen molar-refractivity contribution in [1.82, 2.24) is 15.2 Å². The van der Waals surface area contributed by atoms with E-state index in [1.165, 1.54) is 0 Å². The number of nitrogens with zero attached hydrogens (tertiary/aromatic N) is 1. The monoisotopic (exact) mass is 515 g/mol. The van der Waals surface area contributed by atoms with Gasteiger partial charge < -0.3 is 31.8 Å². The minimum Gasteiger partial charge on any atom is -0.382 e. The molecule has 37 heavy (non-hydrogen) atoms. The van der Waals surface area contributed by atoms with Crippen molar-refractivity contribution in [2.24, 2.45) is 16.9 Å². The van der Waals surface area contributed by atoms with Gasteiger partial charge in [-0.15, -0.1) is 0 Å². The molecule has 8 nitrogen and oxygen atoms in total. The molecule has 0 radical (unpaired) electrons. The molecular weight excluding hydrogens is 480 g/mol. The highest BCUT2D eigenvalue weighted by Crippen LogP contribution is 2.17. The average Bonchev–Trinajstić information content (AvgIpc) is 3.26. The van der Waals surface area contributed by atoms with Crippen molar-refractivity contribution in [2.75, 3.05) is 13.1 Å². The summed E-state index contributed by atoms with van der Waals surface area (Å²) >= 11 is 0. The number of carbonyl (C=O) groups is 2. The van der Waals surface area contributed by atoms with Crippen LogP contribution >= 0.6 is 0 Å². The van der Waals surface area contributed by atoms with Gasteiger partial charge >= 0.3 is 0 Å². The number of halogens is 2. The van der Waals surface area contributed by atoms with E-state index in [0.717, 1.165) is 29.1 Å². The lowest BCUT2D eigenvalue weighted by Crippen LogP contribution is -2.51. The first-order chi connectivity index (χ1) is 17.4. The normalized spacial score (nSPS) is 14.2. The lowest BCUT2D eigenvalue weighted by Gasteiger charge is -2.27. The molecule has 0 bridgehead atoms. The van der Waals surface area contributed by atoms with Gasteiger partial charge in [-0.3, -0.25) is 9.59 Å².